The second-order valence-corrected chi connectivity index (χ2v) is 5.90. The lowest BCUT2D eigenvalue weighted by molar-refractivity contribution is 0.0168. The van der Waals surface area contributed by atoms with Gasteiger partial charge in [0.2, 0.25) is 0 Å². The van der Waals surface area contributed by atoms with Gasteiger partial charge >= 0.3 is 5.97 Å². The molecule has 4 heteroatoms. The number of benzene rings is 1. The molecule has 0 saturated heterocycles. The Morgan fingerprint density at radius 1 is 1.24 bits per heavy atom. The summed E-state index contributed by atoms with van der Waals surface area (Å²) in [5.41, 5.74) is 7.58. The van der Waals surface area contributed by atoms with Crippen LogP contribution >= 0.6 is 0 Å². The molecule has 110 valence electrons. The molecule has 1 heterocycles. The molecule has 1 fully saturated rings. The minimum Gasteiger partial charge on any atom is -0.458 e. The maximum Gasteiger partial charge on any atom is 0.357 e. The monoisotopic (exact) mass is 284 g/mol. The van der Waals surface area contributed by atoms with Gasteiger partial charge in [0.05, 0.1) is 5.52 Å². The average Bonchev–Trinajstić information content (AvgIpc) is 2.49. The number of nitrogen functional groups attached to an aromatic ring is 1. The second-order valence-electron chi connectivity index (χ2n) is 5.90. The Kier molecular flexibility index (Phi) is 3.78. The summed E-state index contributed by atoms with van der Waals surface area (Å²) in [5, 5.41) is 0.862. The summed E-state index contributed by atoms with van der Waals surface area (Å²) in [6.45, 7) is 2.24. The minimum absolute atomic E-state index is 0.0168. The van der Waals surface area contributed by atoms with Gasteiger partial charge in [-0.15, -0.1) is 0 Å². The van der Waals surface area contributed by atoms with Crippen LogP contribution in [-0.4, -0.2) is 17.1 Å². The molecule has 1 aliphatic rings. The Hall–Kier alpha value is -2.10. The highest BCUT2D eigenvalue weighted by atomic mass is 16.5. The van der Waals surface area contributed by atoms with Crippen molar-refractivity contribution in [3.8, 4) is 0 Å². The highest BCUT2D eigenvalue weighted by Gasteiger charge is 2.23. The Labute approximate surface area is 124 Å². The highest BCUT2D eigenvalue weighted by molar-refractivity contribution is 5.96. The van der Waals surface area contributed by atoms with Gasteiger partial charge in [0.1, 0.15) is 6.10 Å². The van der Waals surface area contributed by atoms with Gasteiger partial charge in [0.15, 0.2) is 5.69 Å². The van der Waals surface area contributed by atoms with Crippen LogP contribution in [0.5, 0.6) is 0 Å². The summed E-state index contributed by atoms with van der Waals surface area (Å²) in [6.07, 6.45) is 4.13. The molecule has 0 unspecified atom stereocenters. The van der Waals surface area contributed by atoms with Crippen molar-refractivity contribution in [1.82, 2.24) is 4.98 Å². The molecule has 0 amide bonds. The van der Waals surface area contributed by atoms with Gasteiger partial charge < -0.3 is 10.5 Å². The first-order chi connectivity index (χ1) is 10.1. The first-order valence-corrected chi connectivity index (χ1v) is 7.49. The van der Waals surface area contributed by atoms with Crippen molar-refractivity contribution >= 4 is 22.6 Å². The van der Waals surface area contributed by atoms with Crippen LogP contribution in [0.1, 0.15) is 43.1 Å². The zero-order valence-corrected chi connectivity index (χ0v) is 12.2. The molecule has 0 bridgehead atoms. The molecule has 1 aromatic carbocycles. The Morgan fingerprint density at radius 3 is 2.71 bits per heavy atom. The topological polar surface area (TPSA) is 65.2 Å². The van der Waals surface area contributed by atoms with E-state index in [4.69, 9.17) is 10.5 Å². The number of fused-ring (bicyclic) bond motifs is 1. The molecular weight excluding hydrogens is 264 g/mol. The van der Waals surface area contributed by atoms with Crippen molar-refractivity contribution in [2.24, 2.45) is 5.92 Å². The quantitative estimate of drug-likeness (QED) is 0.856. The van der Waals surface area contributed by atoms with Gasteiger partial charge in [-0.05, 0) is 43.7 Å². The number of nitrogens with zero attached hydrogens (tertiary/aromatic N) is 1. The lowest BCUT2D eigenvalue weighted by atomic mass is 9.89. The summed E-state index contributed by atoms with van der Waals surface area (Å²) in [7, 11) is 0. The first-order valence-electron chi connectivity index (χ1n) is 7.49. The van der Waals surface area contributed by atoms with Gasteiger partial charge in [-0.25, -0.2) is 9.78 Å². The van der Waals surface area contributed by atoms with E-state index in [1.165, 1.54) is 0 Å². The molecule has 1 aliphatic carbocycles. The molecule has 4 nitrogen and oxygen atoms in total. The number of hydrogen-bond acceptors (Lipinski definition) is 4. The lowest BCUT2D eigenvalue weighted by Crippen LogP contribution is -2.24. The van der Waals surface area contributed by atoms with Crippen LogP contribution in [0.3, 0.4) is 0 Å². The van der Waals surface area contributed by atoms with Crippen molar-refractivity contribution in [3.63, 3.8) is 0 Å². The third-order valence-corrected chi connectivity index (χ3v) is 4.19. The number of esters is 1. The molecule has 2 N–H and O–H groups in total. The largest absolute Gasteiger partial charge is 0.458 e. The van der Waals surface area contributed by atoms with Crippen LogP contribution in [0.15, 0.2) is 30.3 Å². The third-order valence-electron chi connectivity index (χ3n) is 4.19. The van der Waals surface area contributed by atoms with Crippen LogP contribution in [0, 0.1) is 5.92 Å². The van der Waals surface area contributed by atoms with Crippen LogP contribution in [-0.2, 0) is 4.74 Å². The fraction of sp³-hybridized carbons (Fsp3) is 0.412. The number of anilines is 1. The van der Waals surface area contributed by atoms with E-state index in [0.29, 0.717) is 11.4 Å². The Balaban J connectivity index is 1.78. The predicted octanol–water partition coefficient (Wildman–Crippen LogP) is 3.55. The summed E-state index contributed by atoms with van der Waals surface area (Å²) < 4.78 is 5.57. The summed E-state index contributed by atoms with van der Waals surface area (Å²) >= 11 is 0. The van der Waals surface area contributed by atoms with Gasteiger partial charge in [0, 0.05) is 11.1 Å². The molecular formula is C17H20N2O2. The van der Waals surface area contributed by atoms with Gasteiger partial charge in [-0.2, -0.15) is 0 Å². The van der Waals surface area contributed by atoms with E-state index in [9.17, 15) is 4.79 Å². The molecule has 0 aliphatic heterocycles. The number of aromatic nitrogens is 1. The smallest absolute Gasteiger partial charge is 0.357 e. The van der Waals surface area contributed by atoms with E-state index in [1.807, 2.05) is 24.3 Å². The van der Waals surface area contributed by atoms with Crippen molar-refractivity contribution in [1.29, 1.82) is 0 Å². The molecule has 21 heavy (non-hydrogen) atoms. The van der Waals surface area contributed by atoms with Crippen LogP contribution in [0.2, 0.25) is 0 Å². The maximum atomic E-state index is 12.3. The predicted molar refractivity (Wildman–Crippen MR) is 83.0 cm³/mol. The molecule has 1 aromatic heterocycles. The van der Waals surface area contributed by atoms with Gasteiger partial charge in [0.25, 0.3) is 0 Å². The molecule has 2 aromatic rings. The number of para-hydroxylation sites is 1. The van der Waals surface area contributed by atoms with Gasteiger partial charge in [-0.1, -0.05) is 25.1 Å². The standard InChI is InChI=1S/C17H20N2O2/c1-11-6-8-12(9-7-11)21-17(20)16-10-14(18)13-4-2-3-5-15(13)19-16/h2-5,10-12H,6-9H2,1H3,(H2,18,19). The number of rotatable bonds is 2. The SMILES string of the molecule is CC1CCC(OC(=O)c2cc(N)c3ccccc3n2)CC1. The van der Waals surface area contributed by atoms with E-state index >= 15 is 0 Å². The normalized spacial score (nSPS) is 22.1. The molecule has 3 rings (SSSR count). The highest BCUT2D eigenvalue weighted by Crippen LogP contribution is 2.27. The minimum atomic E-state index is -0.369. The van der Waals surface area contributed by atoms with Crippen molar-refractivity contribution in [2.45, 2.75) is 38.7 Å². The number of pyridine rings is 1. The number of carbonyl (C=O) groups is 1. The number of ether oxygens (including phenoxy) is 1. The average molecular weight is 284 g/mol. The Morgan fingerprint density at radius 2 is 1.95 bits per heavy atom. The van der Waals surface area contributed by atoms with E-state index in [0.717, 1.165) is 42.5 Å². The van der Waals surface area contributed by atoms with E-state index < -0.39 is 0 Å². The zero-order chi connectivity index (χ0) is 14.8. The number of hydrogen-bond donors (Lipinski definition) is 1. The van der Waals surface area contributed by atoms with Crippen LogP contribution in [0.4, 0.5) is 5.69 Å². The second kappa shape index (κ2) is 5.72. The fourth-order valence-electron chi connectivity index (χ4n) is 2.87. The van der Waals surface area contributed by atoms with Crippen molar-refractivity contribution < 1.29 is 9.53 Å². The summed E-state index contributed by atoms with van der Waals surface area (Å²) in [6, 6.07) is 9.14. The van der Waals surface area contributed by atoms with Crippen molar-refractivity contribution in [2.75, 3.05) is 5.73 Å². The molecule has 0 atom stereocenters. The maximum absolute atomic E-state index is 12.3. The van der Waals surface area contributed by atoms with E-state index in [-0.39, 0.29) is 12.1 Å². The van der Waals surface area contributed by atoms with Crippen LogP contribution < -0.4 is 5.73 Å². The summed E-state index contributed by atoms with van der Waals surface area (Å²) in [5.74, 6) is 0.362. The van der Waals surface area contributed by atoms with Crippen LogP contribution in [0.25, 0.3) is 10.9 Å². The van der Waals surface area contributed by atoms with Crippen molar-refractivity contribution in [3.05, 3.63) is 36.0 Å². The Bertz CT molecular complexity index is 661. The molecule has 0 spiro atoms. The van der Waals surface area contributed by atoms with E-state index in [1.54, 1.807) is 6.07 Å². The lowest BCUT2D eigenvalue weighted by Gasteiger charge is -2.25. The molecule has 1 saturated carbocycles. The number of carbonyl (C=O) groups excluding carboxylic acids is 1. The summed E-state index contributed by atoms with van der Waals surface area (Å²) in [4.78, 5) is 16.6. The third kappa shape index (κ3) is 2.99. The van der Waals surface area contributed by atoms with E-state index in [2.05, 4.69) is 11.9 Å². The van der Waals surface area contributed by atoms with Gasteiger partial charge in [-0.3, -0.25) is 0 Å². The molecule has 0 radical (unpaired) electrons. The first kappa shape index (κ1) is 13.9. The fourth-order valence-corrected chi connectivity index (χ4v) is 2.87. The zero-order valence-electron chi connectivity index (χ0n) is 12.2. The number of nitrogens with two attached hydrogens (primary N) is 1.